The van der Waals surface area contributed by atoms with E-state index >= 15 is 0 Å². The lowest BCUT2D eigenvalue weighted by molar-refractivity contribution is 0.468. The lowest BCUT2D eigenvalue weighted by atomic mass is 9.96. The first-order valence-corrected chi connectivity index (χ1v) is 8.17. The lowest BCUT2D eigenvalue weighted by Gasteiger charge is -2.16. The summed E-state index contributed by atoms with van der Waals surface area (Å²) in [6.07, 6.45) is 2.00. The van der Waals surface area contributed by atoms with Crippen molar-refractivity contribution in [3.63, 3.8) is 0 Å². The summed E-state index contributed by atoms with van der Waals surface area (Å²) in [5, 5.41) is 0. The van der Waals surface area contributed by atoms with Crippen LogP contribution in [-0.4, -0.2) is 25.8 Å². The zero-order valence-corrected chi connectivity index (χ0v) is 13.1. The van der Waals surface area contributed by atoms with Crippen LogP contribution in [0.5, 0.6) is 0 Å². The second-order valence-electron chi connectivity index (χ2n) is 5.37. The summed E-state index contributed by atoms with van der Waals surface area (Å²) in [5.41, 5.74) is 3.20. The van der Waals surface area contributed by atoms with Crippen molar-refractivity contribution in [1.29, 1.82) is 0 Å². The molecule has 20 heavy (non-hydrogen) atoms. The monoisotopic (exact) mass is 291 g/mol. The number of sulfonamides is 1. The van der Waals surface area contributed by atoms with Gasteiger partial charge >= 0.3 is 0 Å². The molecule has 1 aromatic rings. The first-order valence-electron chi connectivity index (χ1n) is 6.73. The zero-order valence-electron chi connectivity index (χ0n) is 12.3. The molecule has 0 spiro atoms. The van der Waals surface area contributed by atoms with Crippen LogP contribution in [0.25, 0.3) is 0 Å². The Balaban J connectivity index is 2.32. The Labute approximate surface area is 121 Å². The first-order chi connectivity index (χ1) is 9.36. The van der Waals surface area contributed by atoms with Crippen molar-refractivity contribution in [1.82, 2.24) is 4.31 Å². The molecule has 1 aliphatic rings. The summed E-state index contributed by atoms with van der Waals surface area (Å²) in [4.78, 5) is 0.362. The van der Waals surface area contributed by atoms with E-state index in [2.05, 4.69) is 6.58 Å². The van der Waals surface area contributed by atoms with Gasteiger partial charge in [0.25, 0.3) is 0 Å². The molecule has 1 aromatic carbocycles. The second-order valence-corrected chi connectivity index (χ2v) is 7.31. The van der Waals surface area contributed by atoms with E-state index in [4.69, 9.17) is 0 Å². The molecule has 1 aliphatic heterocycles. The molecule has 1 unspecified atom stereocenters. The van der Waals surface area contributed by atoms with Gasteiger partial charge in [0.15, 0.2) is 0 Å². The molecule has 1 heterocycles. The average Bonchev–Trinajstić information content (AvgIpc) is 2.84. The molecule has 0 radical (unpaired) electrons. The Hall–Kier alpha value is -1.39. The highest BCUT2D eigenvalue weighted by molar-refractivity contribution is 7.89. The summed E-state index contributed by atoms with van der Waals surface area (Å²) in [6.45, 7) is 10.8. The maximum atomic E-state index is 12.6. The number of hydrogen-bond acceptors (Lipinski definition) is 2. The molecule has 2 rings (SSSR count). The molecule has 108 valence electrons. The molecule has 0 aliphatic carbocycles. The van der Waals surface area contributed by atoms with E-state index in [0.29, 0.717) is 18.0 Å². The normalized spacial score (nSPS) is 22.4. The van der Waals surface area contributed by atoms with Crippen molar-refractivity contribution >= 4 is 10.0 Å². The van der Waals surface area contributed by atoms with Gasteiger partial charge < -0.3 is 0 Å². The highest BCUT2D eigenvalue weighted by atomic mass is 32.2. The van der Waals surface area contributed by atoms with Gasteiger partial charge in [0.1, 0.15) is 0 Å². The maximum absolute atomic E-state index is 12.6. The predicted molar refractivity (Wildman–Crippen MR) is 82.0 cm³/mol. The number of benzene rings is 1. The fourth-order valence-corrected chi connectivity index (χ4v) is 3.95. The molecule has 3 nitrogen and oxygen atoms in total. The third kappa shape index (κ3) is 2.72. The molecule has 0 amide bonds. The molecular formula is C16H21NO2S. The minimum absolute atomic E-state index is 0.139. The lowest BCUT2D eigenvalue weighted by Crippen LogP contribution is -2.29. The minimum atomic E-state index is -3.41. The van der Waals surface area contributed by atoms with Crippen LogP contribution in [0.3, 0.4) is 0 Å². The Kier molecular flexibility index (Phi) is 4.16. The summed E-state index contributed by atoms with van der Waals surface area (Å²) in [7, 11) is -3.41. The van der Waals surface area contributed by atoms with E-state index < -0.39 is 10.0 Å². The minimum Gasteiger partial charge on any atom is -0.207 e. The molecule has 0 bridgehead atoms. The Morgan fingerprint density at radius 3 is 2.40 bits per heavy atom. The fourth-order valence-electron chi connectivity index (χ4n) is 2.51. The van der Waals surface area contributed by atoms with Gasteiger partial charge in [-0.3, -0.25) is 0 Å². The molecule has 0 saturated carbocycles. The number of hydrogen-bond donors (Lipinski definition) is 0. The van der Waals surface area contributed by atoms with Crippen molar-refractivity contribution in [3.05, 3.63) is 53.6 Å². The summed E-state index contributed by atoms with van der Waals surface area (Å²) in [5.74, 6) is 0.139. The highest BCUT2D eigenvalue weighted by Gasteiger charge is 2.35. The van der Waals surface area contributed by atoms with Crippen molar-refractivity contribution in [2.75, 3.05) is 13.1 Å². The molecular weight excluding hydrogens is 270 g/mol. The third-order valence-corrected chi connectivity index (χ3v) is 5.64. The number of aryl methyl sites for hydroxylation is 1. The first kappa shape index (κ1) is 15.0. The van der Waals surface area contributed by atoms with Crippen molar-refractivity contribution in [3.8, 4) is 0 Å². The van der Waals surface area contributed by atoms with Crippen LogP contribution in [-0.2, 0) is 10.0 Å². The van der Waals surface area contributed by atoms with Gasteiger partial charge in [-0.05, 0) is 32.9 Å². The Bertz CT molecular complexity index is 642. The van der Waals surface area contributed by atoms with Gasteiger partial charge in [-0.2, -0.15) is 4.31 Å². The third-order valence-electron chi connectivity index (χ3n) is 3.82. The SMILES string of the molecule is C=C(C)C1CN(S(=O)(=O)c2ccc(C)cc2)C/C1=C/C. The van der Waals surface area contributed by atoms with Crippen LogP contribution in [0.15, 0.2) is 53.0 Å². The largest absolute Gasteiger partial charge is 0.243 e. The van der Waals surface area contributed by atoms with Crippen molar-refractivity contribution in [2.45, 2.75) is 25.7 Å². The smallest absolute Gasteiger partial charge is 0.207 e. The fraction of sp³-hybridized carbons (Fsp3) is 0.375. The Morgan fingerprint density at radius 1 is 1.35 bits per heavy atom. The van der Waals surface area contributed by atoms with Crippen LogP contribution in [0.4, 0.5) is 0 Å². The topological polar surface area (TPSA) is 37.4 Å². The van der Waals surface area contributed by atoms with E-state index in [0.717, 1.165) is 16.7 Å². The van der Waals surface area contributed by atoms with Gasteiger partial charge in [-0.1, -0.05) is 41.5 Å². The standard InChI is InChI=1S/C16H21NO2S/c1-5-14-10-17(11-16(14)12(2)3)20(18,19)15-8-6-13(4)7-9-15/h5-9,16H,2,10-11H2,1,3-4H3/b14-5-. The summed E-state index contributed by atoms with van der Waals surface area (Å²) >= 11 is 0. The van der Waals surface area contributed by atoms with E-state index in [1.807, 2.05) is 39.0 Å². The zero-order chi connectivity index (χ0) is 14.9. The molecule has 0 aromatic heterocycles. The molecule has 1 atom stereocenters. The molecule has 1 saturated heterocycles. The van der Waals surface area contributed by atoms with E-state index in [-0.39, 0.29) is 5.92 Å². The van der Waals surface area contributed by atoms with Gasteiger partial charge in [0.2, 0.25) is 10.0 Å². The van der Waals surface area contributed by atoms with Gasteiger partial charge in [0, 0.05) is 19.0 Å². The van der Waals surface area contributed by atoms with E-state index in [1.165, 1.54) is 0 Å². The maximum Gasteiger partial charge on any atom is 0.243 e. The predicted octanol–water partition coefficient (Wildman–Crippen LogP) is 3.14. The summed E-state index contributed by atoms with van der Waals surface area (Å²) < 4.78 is 26.8. The van der Waals surface area contributed by atoms with Gasteiger partial charge in [0.05, 0.1) is 4.90 Å². The van der Waals surface area contributed by atoms with Crippen LogP contribution in [0.1, 0.15) is 19.4 Å². The van der Waals surface area contributed by atoms with E-state index in [1.54, 1.807) is 16.4 Å². The van der Waals surface area contributed by atoms with Crippen LogP contribution < -0.4 is 0 Å². The van der Waals surface area contributed by atoms with Crippen molar-refractivity contribution in [2.24, 2.45) is 5.92 Å². The van der Waals surface area contributed by atoms with E-state index in [9.17, 15) is 8.42 Å². The van der Waals surface area contributed by atoms with Crippen LogP contribution in [0, 0.1) is 12.8 Å². The number of allylic oxidation sites excluding steroid dienone is 1. The van der Waals surface area contributed by atoms with Gasteiger partial charge in [-0.25, -0.2) is 8.42 Å². The highest BCUT2D eigenvalue weighted by Crippen LogP contribution is 2.31. The quantitative estimate of drug-likeness (QED) is 0.802. The van der Waals surface area contributed by atoms with Crippen LogP contribution in [0.2, 0.25) is 0 Å². The number of rotatable bonds is 3. The second kappa shape index (κ2) is 5.54. The molecule has 1 fully saturated rings. The summed E-state index contributed by atoms with van der Waals surface area (Å²) in [6, 6.07) is 7.01. The number of nitrogens with zero attached hydrogens (tertiary/aromatic N) is 1. The molecule has 4 heteroatoms. The Morgan fingerprint density at radius 2 is 1.95 bits per heavy atom. The van der Waals surface area contributed by atoms with Crippen LogP contribution >= 0.6 is 0 Å². The molecule has 0 N–H and O–H groups in total. The van der Waals surface area contributed by atoms with Gasteiger partial charge in [-0.15, -0.1) is 0 Å². The average molecular weight is 291 g/mol. The van der Waals surface area contributed by atoms with Crippen molar-refractivity contribution < 1.29 is 8.42 Å².